The molecule has 0 atom stereocenters. The number of aromatic nitrogens is 2. The Morgan fingerprint density at radius 1 is 0.909 bits per heavy atom. The molecule has 2 N–H and O–H groups in total. The van der Waals surface area contributed by atoms with Gasteiger partial charge in [-0.1, -0.05) is 42.5 Å². The van der Waals surface area contributed by atoms with Gasteiger partial charge in [-0.05, 0) is 35.5 Å². The molecule has 22 heavy (non-hydrogen) atoms. The molecule has 0 unspecified atom stereocenters. The minimum atomic E-state index is 0.602. The zero-order valence-corrected chi connectivity index (χ0v) is 12.2. The van der Waals surface area contributed by atoms with E-state index in [0.717, 1.165) is 23.5 Å². The summed E-state index contributed by atoms with van der Waals surface area (Å²) in [5.41, 5.74) is 10.1. The molecule has 4 aromatic rings. The second kappa shape index (κ2) is 5.28. The van der Waals surface area contributed by atoms with E-state index in [-0.39, 0.29) is 0 Å². The molecule has 0 radical (unpaired) electrons. The lowest BCUT2D eigenvalue weighted by atomic mass is 10.0. The Hall–Kier alpha value is -2.65. The van der Waals surface area contributed by atoms with Gasteiger partial charge in [-0.2, -0.15) is 0 Å². The van der Waals surface area contributed by atoms with Crippen LogP contribution in [0.1, 0.15) is 5.69 Å². The normalized spacial score (nSPS) is 11.3. The van der Waals surface area contributed by atoms with E-state index >= 15 is 0 Å². The molecule has 0 spiro atoms. The summed E-state index contributed by atoms with van der Waals surface area (Å²) in [6.07, 6.45) is 2.84. The number of hydrogen-bond acceptors (Lipinski definition) is 2. The maximum atomic E-state index is 5.77. The SMILES string of the molecule is NCCc1nc2ccccn2c1-c1ccc2ccccc2c1. The Morgan fingerprint density at radius 2 is 1.73 bits per heavy atom. The van der Waals surface area contributed by atoms with Crippen LogP contribution in [0.5, 0.6) is 0 Å². The topological polar surface area (TPSA) is 43.3 Å². The average Bonchev–Trinajstić information content (AvgIpc) is 2.93. The van der Waals surface area contributed by atoms with E-state index in [2.05, 4.69) is 53.1 Å². The van der Waals surface area contributed by atoms with Crippen LogP contribution in [0.2, 0.25) is 0 Å². The van der Waals surface area contributed by atoms with Crippen LogP contribution in [-0.2, 0) is 6.42 Å². The van der Waals surface area contributed by atoms with Crippen molar-refractivity contribution < 1.29 is 0 Å². The number of nitrogens with zero attached hydrogens (tertiary/aromatic N) is 2. The monoisotopic (exact) mass is 287 g/mol. The van der Waals surface area contributed by atoms with Gasteiger partial charge in [-0.3, -0.25) is 4.40 Å². The number of pyridine rings is 1. The number of benzene rings is 2. The van der Waals surface area contributed by atoms with E-state index in [1.807, 2.05) is 18.2 Å². The highest BCUT2D eigenvalue weighted by molar-refractivity contribution is 5.87. The van der Waals surface area contributed by atoms with Crippen molar-refractivity contribution in [1.29, 1.82) is 0 Å². The second-order valence-corrected chi connectivity index (χ2v) is 5.44. The van der Waals surface area contributed by atoms with Crippen molar-refractivity contribution in [3.63, 3.8) is 0 Å². The second-order valence-electron chi connectivity index (χ2n) is 5.44. The summed E-state index contributed by atoms with van der Waals surface area (Å²) in [5.74, 6) is 0. The van der Waals surface area contributed by atoms with E-state index in [9.17, 15) is 0 Å². The van der Waals surface area contributed by atoms with Crippen molar-refractivity contribution in [1.82, 2.24) is 9.38 Å². The fourth-order valence-corrected chi connectivity index (χ4v) is 3.00. The molecule has 0 aliphatic rings. The van der Waals surface area contributed by atoms with E-state index in [1.165, 1.54) is 16.3 Å². The molecule has 2 heterocycles. The highest BCUT2D eigenvalue weighted by Gasteiger charge is 2.13. The minimum absolute atomic E-state index is 0.602. The third-order valence-corrected chi connectivity index (χ3v) is 4.01. The highest BCUT2D eigenvalue weighted by Crippen LogP contribution is 2.28. The molecule has 0 amide bonds. The smallest absolute Gasteiger partial charge is 0.137 e. The highest BCUT2D eigenvalue weighted by atomic mass is 15.0. The predicted molar refractivity (Wildman–Crippen MR) is 90.9 cm³/mol. The van der Waals surface area contributed by atoms with Gasteiger partial charge in [-0.25, -0.2) is 4.98 Å². The Bertz CT molecular complexity index is 953. The molecule has 2 aromatic heterocycles. The standard InChI is InChI=1S/C19H17N3/c20-11-10-17-19(22-12-4-3-7-18(22)21-17)16-9-8-14-5-1-2-6-15(14)13-16/h1-9,12-13H,10-11,20H2. The fraction of sp³-hybridized carbons (Fsp3) is 0.105. The Morgan fingerprint density at radius 3 is 2.59 bits per heavy atom. The van der Waals surface area contributed by atoms with Crippen molar-refractivity contribution >= 4 is 16.4 Å². The summed E-state index contributed by atoms with van der Waals surface area (Å²) < 4.78 is 2.15. The Labute approximate surface area is 129 Å². The molecule has 3 nitrogen and oxygen atoms in total. The van der Waals surface area contributed by atoms with E-state index < -0.39 is 0 Å². The predicted octanol–water partition coefficient (Wildman–Crippen LogP) is 3.66. The van der Waals surface area contributed by atoms with Crippen LogP contribution in [0.15, 0.2) is 66.9 Å². The first-order valence-corrected chi connectivity index (χ1v) is 7.52. The van der Waals surface area contributed by atoms with Crippen molar-refractivity contribution in [3.05, 3.63) is 72.6 Å². The van der Waals surface area contributed by atoms with Gasteiger partial charge in [0, 0.05) is 18.2 Å². The Balaban J connectivity index is 1.99. The van der Waals surface area contributed by atoms with Crippen molar-refractivity contribution in [2.24, 2.45) is 5.73 Å². The summed E-state index contributed by atoms with van der Waals surface area (Å²) in [6.45, 7) is 0.602. The van der Waals surface area contributed by atoms with Crippen LogP contribution < -0.4 is 5.73 Å². The molecular formula is C19H17N3. The van der Waals surface area contributed by atoms with Gasteiger partial charge in [0.05, 0.1) is 11.4 Å². The van der Waals surface area contributed by atoms with Gasteiger partial charge in [-0.15, -0.1) is 0 Å². The first-order valence-electron chi connectivity index (χ1n) is 7.52. The van der Waals surface area contributed by atoms with Crippen LogP contribution in [0, 0.1) is 0 Å². The van der Waals surface area contributed by atoms with Gasteiger partial charge >= 0.3 is 0 Å². The molecule has 3 heteroatoms. The quantitative estimate of drug-likeness (QED) is 0.625. The molecule has 0 aliphatic heterocycles. The fourth-order valence-electron chi connectivity index (χ4n) is 3.00. The van der Waals surface area contributed by atoms with Crippen LogP contribution in [0.4, 0.5) is 0 Å². The summed E-state index contributed by atoms with van der Waals surface area (Å²) in [6, 6.07) is 21.1. The van der Waals surface area contributed by atoms with Crippen LogP contribution in [0.3, 0.4) is 0 Å². The number of nitrogens with two attached hydrogens (primary N) is 1. The van der Waals surface area contributed by atoms with Gasteiger partial charge in [0.15, 0.2) is 0 Å². The molecule has 108 valence electrons. The molecule has 0 fully saturated rings. The summed E-state index contributed by atoms with van der Waals surface area (Å²) >= 11 is 0. The summed E-state index contributed by atoms with van der Waals surface area (Å²) in [4.78, 5) is 4.74. The van der Waals surface area contributed by atoms with Crippen LogP contribution in [-0.4, -0.2) is 15.9 Å². The van der Waals surface area contributed by atoms with Gasteiger partial charge in [0.1, 0.15) is 5.65 Å². The molecular weight excluding hydrogens is 270 g/mol. The van der Waals surface area contributed by atoms with E-state index in [4.69, 9.17) is 10.7 Å². The Kier molecular flexibility index (Phi) is 3.13. The lowest BCUT2D eigenvalue weighted by molar-refractivity contribution is 0.939. The van der Waals surface area contributed by atoms with Crippen molar-refractivity contribution in [2.75, 3.05) is 6.54 Å². The van der Waals surface area contributed by atoms with Gasteiger partial charge in [0.25, 0.3) is 0 Å². The van der Waals surface area contributed by atoms with Gasteiger partial charge < -0.3 is 5.73 Å². The largest absolute Gasteiger partial charge is 0.330 e. The maximum absolute atomic E-state index is 5.77. The van der Waals surface area contributed by atoms with Crippen LogP contribution in [0.25, 0.3) is 27.7 Å². The maximum Gasteiger partial charge on any atom is 0.137 e. The zero-order valence-electron chi connectivity index (χ0n) is 12.2. The first kappa shape index (κ1) is 13.0. The average molecular weight is 287 g/mol. The number of rotatable bonds is 3. The third-order valence-electron chi connectivity index (χ3n) is 4.01. The third kappa shape index (κ3) is 2.07. The minimum Gasteiger partial charge on any atom is -0.330 e. The van der Waals surface area contributed by atoms with Gasteiger partial charge in [0.2, 0.25) is 0 Å². The first-order chi connectivity index (χ1) is 10.9. The molecule has 0 saturated heterocycles. The summed E-state index contributed by atoms with van der Waals surface area (Å²) in [5, 5.41) is 2.49. The van der Waals surface area contributed by atoms with Crippen molar-refractivity contribution in [2.45, 2.75) is 6.42 Å². The lowest BCUT2D eigenvalue weighted by Crippen LogP contribution is -2.04. The number of fused-ring (bicyclic) bond motifs is 2. The van der Waals surface area contributed by atoms with E-state index in [1.54, 1.807) is 0 Å². The van der Waals surface area contributed by atoms with Crippen molar-refractivity contribution in [3.8, 4) is 11.3 Å². The molecule has 4 rings (SSSR count). The number of hydrogen-bond donors (Lipinski definition) is 1. The van der Waals surface area contributed by atoms with Crippen LogP contribution >= 0.6 is 0 Å². The molecule has 0 aliphatic carbocycles. The van der Waals surface area contributed by atoms with E-state index in [0.29, 0.717) is 6.54 Å². The molecule has 0 saturated carbocycles. The molecule has 0 bridgehead atoms. The zero-order chi connectivity index (χ0) is 14.9. The lowest BCUT2D eigenvalue weighted by Gasteiger charge is -2.07. The summed E-state index contributed by atoms with van der Waals surface area (Å²) in [7, 11) is 0. The number of imidazole rings is 1. The molecule has 2 aromatic carbocycles.